The van der Waals surface area contributed by atoms with Crippen LogP contribution in [0.1, 0.15) is 10.4 Å². The van der Waals surface area contributed by atoms with Crippen LogP contribution in [0.4, 0.5) is 10.8 Å². The van der Waals surface area contributed by atoms with Crippen molar-refractivity contribution in [3.63, 3.8) is 0 Å². The first-order chi connectivity index (χ1) is 13.2. The van der Waals surface area contributed by atoms with Crippen molar-refractivity contribution in [3.05, 3.63) is 72.4 Å². The highest BCUT2D eigenvalue weighted by Gasteiger charge is 2.14. The summed E-state index contributed by atoms with van der Waals surface area (Å²) in [6.45, 7) is 0. The molecule has 2 aromatic carbocycles. The molecule has 1 N–H and O–H groups in total. The van der Waals surface area contributed by atoms with E-state index in [1.807, 2.05) is 36.4 Å². The van der Waals surface area contributed by atoms with Crippen LogP contribution in [-0.2, 0) is 4.74 Å². The van der Waals surface area contributed by atoms with Crippen molar-refractivity contribution in [2.24, 2.45) is 0 Å². The lowest BCUT2D eigenvalue weighted by atomic mass is 10.2. The second kappa shape index (κ2) is 7.43. The molecule has 0 aliphatic carbocycles. The Morgan fingerprint density at radius 1 is 1.04 bits per heavy atom. The van der Waals surface area contributed by atoms with E-state index in [1.54, 1.807) is 41.8 Å². The zero-order valence-corrected chi connectivity index (χ0v) is 15.2. The monoisotopic (exact) mass is 377 g/mol. The fourth-order valence-corrected chi connectivity index (χ4v) is 3.39. The number of aromatic nitrogens is 2. The minimum absolute atomic E-state index is 0.205. The van der Waals surface area contributed by atoms with Gasteiger partial charge < -0.3 is 14.8 Å². The largest absolute Gasteiger partial charge is 0.465 e. The van der Waals surface area contributed by atoms with Crippen molar-refractivity contribution >= 4 is 38.3 Å². The Bertz CT molecular complexity index is 1060. The summed E-state index contributed by atoms with van der Waals surface area (Å²) in [5, 5.41) is 4.11. The first-order valence-corrected chi connectivity index (χ1v) is 8.98. The van der Waals surface area contributed by atoms with Gasteiger partial charge >= 0.3 is 5.97 Å². The molecule has 27 heavy (non-hydrogen) atoms. The van der Waals surface area contributed by atoms with Crippen LogP contribution >= 0.6 is 11.3 Å². The number of rotatable bonds is 5. The van der Waals surface area contributed by atoms with Crippen molar-refractivity contribution in [3.8, 4) is 11.6 Å². The molecule has 7 heteroatoms. The van der Waals surface area contributed by atoms with Gasteiger partial charge in [-0.2, -0.15) is 0 Å². The number of fused-ring (bicyclic) bond motifs is 1. The van der Waals surface area contributed by atoms with Crippen molar-refractivity contribution < 1.29 is 14.3 Å². The highest BCUT2D eigenvalue weighted by Crippen LogP contribution is 2.29. The first kappa shape index (κ1) is 17.0. The maximum absolute atomic E-state index is 11.8. The molecule has 0 spiro atoms. The summed E-state index contributed by atoms with van der Waals surface area (Å²) in [5.41, 5.74) is 2.13. The van der Waals surface area contributed by atoms with Gasteiger partial charge in [0.15, 0.2) is 5.13 Å². The predicted octanol–water partition coefficient (Wildman–Crippen LogP) is 5.01. The third kappa shape index (κ3) is 3.73. The van der Waals surface area contributed by atoms with E-state index in [4.69, 9.17) is 9.47 Å². The molecule has 0 atom stereocenters. The molecule has 0 fully saturated rings. The van der Waals surface area contributed by atoms with E-state index < -0.39 is 5.97 Å². The SMILES string of the molecule is COC(=O)c1cccnc1Oc1ccc(Nc2nc3ccccc3s2)cc1. The molecule has 2 heterocycles. The van der Waals surface area contributed by atoms with Crippen LogP contribution in [0, 0.1) is 0 Å². The fraction of sp³-hybridized carbons (Fsp3) is 0.0500. The van der Waals surface area contributed by atoms with Crippen LogP contribution in [0.25, 0.3) is 10.2 Å². The number of hydrogen-bond acceptors (Lipinski definition) is 7. The summed E-state index contributed by atoms with van der Waals surface area (Å²) in [4.78, 5) is 20.5. The lowest BCUT2D eigenvalue weighted by Crippen LogP contribution is -2.04. The zero-order valence-electron chi connectivity index (χ0n) is 14.4. The molecule has 0 amide bonds. The van der Waals surface area contributed by atoms with Gasteiger partial charge in [-0.25, -0.2) is 14.8 Å². The molecule has 134 valence electrons. The molecule has 0 unspecified atom stereocenters. The number of ether oxygens (including phenoxy) is 2. The van der Waals surface area contributed by atoms with E-state index in [0.717, 1.165) is 21.0 Å². The van der Waals surface area contributed by atoms with Gasteiger partial charge in [0.1, 0.15) is 11.3 Å². The second-order valence-electron chi connectivity index (χ2n) is 5.59. The lowest BCUT2D eigenvalue weighted by molar-refractivity contribution is 0.0597. The quantitative estimate of drug-likeness (QED) is 0.493. The number of hydrogen-bond donors (Lipinski definition) is 1. The van der Waals surface area contributed by atoms with Gasteiger partial charge in [-0.05, 0) is 48.5 Å². The Morgan fingerprint density at radius 2 is 1.85 bits per heavy atom. The fourth-order valence-electron chi connectivity index (χ4n) is 2.50. The van der Waals surface area contributed by atoms with Gasteiger partial charge in [0, 0.05) is 11.9 Å². The van der Waals surface area contributed by atoms with Crippen molar-refractivity contribution in [1.29, 1.82) is 0 Å². The summed E-state index contributed by atoms with van der Waals surface area (Å²) >= 11 is 1.59. The number of pyridine rings is 1. The molecule has 0 aliphatic heterocycles. The van der Waals surface area contributed by atoms with E-state index in [-0.39, 0.29) is 11.4 Å². The summed E-state index contributed by atoms with van der Waals surface area (Å²) < 4.78 is 11.6. The summed E-state index contributed by atoms with van der Waals surface area (Å²) in [6, 6.07) is 18.6. The van der Waals surface area contributed by atoms with Gasteiger partial charge in [-0.3, -0.25) is 0 Å². The van der Waals surface area contributed by atoms with Crippen molar-refractivity contribution in [1.82, 2.24) is 9.97 Å². The number of nitrogens with zero attached hydrogens (tertiary/aromatic N) is 2. The number of benzene rings is 2. The van der Waals surface area contributed by atoms with Gasteiger partial charge in [0.25, 0.3) is 0 Å². The number of esters is 1. The third-order valence-electron chi connectivity index (χ3n) is 3.79. The van der Waals surface area contributed by atoms with E-state index in [0.29, 0.717) is 5.75 Å². The molecule has 0 radical (unpaired) electrons. The van der Waals surface area contributed by atoms with Crippen LogP contribution < -0.4 is 10.1 Å². The molecule has 0 saturated heterocycles. The molecular formula is C20H15N3O3S. The summed E-state index contributed by atoms with van der Waals surface area (Å²) in [6.07, 6.45) is 1.56. The van der Waals surface area contributed by atoms with Gasteiger partial charge in [-0.15, -0.1) is 0 Å². The predicted molar refractivity (Wildman–Crippen MR) is 105 cm³/mol. The summed E-state index contributed by atoms with van der Waals surface area (Å²) in [7, 11) is 1.32. The minimum Gasteiger partial charge on any atom is -0.465 e. The number of carbonyl (C=O) groups is 1. The third-order valence-corrected chi connectivity index (χ3v) is 4.74. The number of nitrogens with one attached hydrogen (secondary N) is 1. The topological polar surface area (TPSA) is 73.3 Å². The molecule has 4 rings (SSSR count). The smallest absolute Gasteiger partial charge is 0.343 e. The maximum Gasteiger partial charge on any atom is 0.343 e. The van der Waals surface area contributed by atoms with Gasteiger partial charge in [0.05, 0.1) is 17.3 Å². The zero-order chi connectivity index (χ0) is 18.6. The normalized spacial score (nSPS) is 10.6. The molecular weight excluding hydrogens is 362 g/mol. The van der Waals surface area contributed by atoms with Crippen LogP contribution in [0.2, 0.25) is 0 Å². The highest BCUT2D eigenvalue weighted by atomic mass is 32.1. The second-order valence-corrected chi connectivity index (χ2v) is 6.62. The number of thiazole rings is 1. The van der Waals surface area contributed by atoms with Crippen molar-refractivity contribution in [2.45, 2.75) is 0 Å². The molecule has 0 saturated carbocycles. The molecule has 0 aliphatic rings. The number of anilines is 2. The van der Waals surface area contributed by atoms with E-state index in [2.05, 4.69) is 15.3 Å². The molecule has 6 nitrogen and oxygen atoms in total. The number of carbonyl (C=O) groups excluding carboxylic acids is 1. The Kier molecular flexibility index (Phi) is 4.67. The average Bonchev–Trinajstić information content (AvgIpc) is 3.11. The van der Waals surface area contributed by atoms with Crippen molar-refractivity contribution in [2.75, 3.05) is 12.4 Å². The van der Waals surface area contributed by atoms with E-state index in [9.17, 15) is 4.79 Å². The van der Waals surface area contributed by atoms with E-state index in [1.165, 1.54) is 7.11 Å². The minimum atomic E-state index is -0.493. The Morgan fingerprint density at radius 3 is 2.63 bits per heavy atom. The van der Waals surface area contributed by atoms with Crippen LogP contribution in [0.5, 0.6) is 11.6 Å². The highest BCUT2D eigenvalue weighted by molar-refractivity contribution is 7.22. The Hall–Kier alpha value is -3.45. The Labute approximate surface area is 159 Å². The van der Waals surface area contributed by atoms with E-state index >= 15 is 0 Å². The molecule has 0 bridgehead atoms. The average molecular weight is 377 g/mol. The van der Waals surface area contributed by atoms with Gasteiger partial charge in [-0.1, -0.05) is 23.5 Å². The lowest BCUT2D eigenvalue weighted by Gasteiger charge is -2.09. The van der Waals surface area contributed by atoms with Crippen LogP contribution in [0.3, 0.4) is 0 Å². The van der Waals surface area contributed by atoms with Crippen LogP contribution in [0.15, 0.2) is 66.9 Å². The first-order valence-electron chi connectivity index (χ1n) is 8.17. The summed E-state index contributed by atoms with van der Waals surface area (Å²) in [5.74, 6) is 0.275. The Balaban J connectivity index is 1.50. The van der Waals surface area contributed by atoms with Crippen LogP contribution in [-0.4, -0.2) is 23.0 Å². The maximum atomic E-state index is 11.8. The molecule has 2 aromatic heterocycles. The number of methoxy groups -OCH3 is 1. The number of para-hydroxylation sites is 1. The molecule has 4 aromatic rings. The standard InChI is InChI=1S/C20H15N3O3S/c1-25-19(24)15-5-4-12-21-18(15)26-14-10-8-13(9-11-14)22-20-23-16-6-2-3-7-17(16)27-20/h2-12H,1H3,(H,22,23). The van der Waals surface area contributed by atoms with Gasteiger partial charge in [0.2, 0.25) is 5.88 Å².